The highest BCUT2D eigenvalue weighted by atomic mass is 19.1. The minimum absolute atomic E-state index is 0.160. The summed E-state index contributed by atoms with van der Waals surface area (Å²) in [4.78, 5) is 0. The summed E-state index contributed by atoms with van der Waals surface area (Å²) < 4.78 is 12.5. The number of rotatable bonds is 3. The second kappa shape index (κ2) is 3.46. The van der Waals surface area contributed by atoms with Crippen LogP contribution in [0.15, 0.2) is 24.3 Å². The van der Waals surface area contributed by atoms with Gasteiger partial charge in [0.1, 0.15) is 5.82 Å². The highest BCUT2D eigenvalue weighted by Gasteiger charge is 2.32. The summed E-state index contributed by atoms with van der Waals surface area (Å²) in [5.74, 6) is 0.553. The molecule has 1 fully saturated rings. The van der Waals surface area contributed by atoms with Crippen molar-refractivity contribution in [2.24, 2.45) is 11.7 Å². The van der Waals surface area contributed by atoms with Crippen LogP contribution in [0, 0.1) is 11.7 Å². The van der Waals surface area contributed by atoms with Gasteiger partial charge in [0.05, 0.1) is 0 Å². The normalized spacial score (nSPS) is 26.0. The van der Waals surface area contributed by atoms with Gasteiger partial charge in [-0.1, -0.05) is 12.1 Å². The Labute approximate surface area is 77.8 Å². The quantitative estimate of drug-likeness (QED) is 0.755. The maximum Gasteiger partial charge on any atom is 0.123 e. The van der Waals surface area contributed by atoms with E-state index in [4.69, 9.17) is 5.73 Å². The third-order valence-electron chi connectivity index (χ3n) is 2.69. The van der Waals surface area contributed by atoms with Crippen LogP contribution in [0.4, 0.5) is 4.39 Å². The number of nitrogens with two attached hydrogens (primary N) is 1. The Hall–Kier alpha value is -0.890. The van der Waals surface area contributed by atoms with E-state index in [9.17, 15) is 4.39 Å². The fraction of sp³-hybridized carbons (Fsp3) is 0.455. The molecule has 0 radical (unpaired) electrons. The molecule has 0 saturated heterocycles. The lowest BCUT2D eigenvalue weighted by Crippen LogP contribution is -2.02. The Balaban J connectivity index is 1.84. The van der Waals surface area contributed by atoms with Gasteiger partial charge in [0.15, 0.2) is 0 Å². The first-order valence-corrected chi connectivity index (χ1v) is 4.76. The molecule has 0 heterocycles. The van der Waals surface area contributed by atoms with Crippen LogP contribution in [-0.2, 0) is 6.42 Å². The van der Waals surface area contributed by atoms with Crippen molar-refractivity contribution < 1.29 is 4.39 Å². The van der Waals surface area contributed by atoms with Crippen molar-refractivity contribution in [3.05, 3.63) is 35.6 Å². The van der Waals surface area contributed by atoms with Crippen LogP contribution in [-0.4, -0.2) is 6.04 Å². The number of halogens is 1. The van der Waals surface area contributed by atoms with Crippen LogP contribution >= 0.6 is 0 Å². The van der Waals surface area contributed by atoms with Crippen molar-refractivity contribution in [3.8, 4) is 0 Å². The molecule has 1 aliphatic rings. The number of hydrogen-bond donors (Lipinski definition) is 1. The topological polar surface area (TPSA) is 26.0 Å². The van der Waals surface area contributed by atoms with Gasteiger partial charge in [-0.2, -0.15) is 0 Å². The predicted octanol–water partition coefficient (Wildman–Crippen LogP) is 2.11. The maximum atomic E-state index is 12.5. The van der Waals surface area contributed by atoms with Crippen molar-refractivity contribution >= 4 is 0 Å². The second-order valence-corrected chi connectivity index (χ2v) is 3.82. The maximum absolute atomic E-state index is 12.5. The molecule has 1 aromatic carbocycles. The Bertz CT molecular complexity index is 281. The molecule has 1 aromatic rings. The van der Waals surface area contributed by atoms with E-state index in [1.165, 1.54) is 24.1 Å². The van der Waals surface area contributed by atoms with E-state index < -0.39 is 0 Å². The Morgan fingerprint density at radius 1 is 1.31 bits per heavy atom. The molecule has 0 aliphatic heterocycles. The summed E-state index contributed by atoms with van der Waals surface area (Å²) in [5, 5.41) is 0. The highest BCUT2D eigenvalue weighted by Crippen LogP contribution is 2.32. The molecule has 2 atom stereocenters. The van der Waals surface area contributed by atoms with Gasteiger partial charge in [-0.3, -0.25) is 0 Å². The van der Waals surface area contributed by atoms with Gasteiger partial charge in [-0.15, -0.1) is 0 Å². The Morgan fingerprint density at radius 2 is 1.92 bits per heavy atom. The zero-order chi connectivity index (χ0) is 9.26. The Kier molecular flexibility index (Phi) is 2.32. The number of aryl methyl sites for hydroxylation is 1. The van der Waals surface area contributed by atoms with E-state index in [0.717, 1.165) is 12.8 Å². The first-order chi connectivity index (χ1) is 6.25. The van der Waals surface area contributed by atoms with Crippen LogP contribution in [0.2, 0.25) is 0 Å². The molecule has 0 aromatic heterocycles. The molecular weight excluding hydrogens is 165 g/mol. The van der Waals surface area contributed by atoms with Crippen LogP contribution in [0.25, 0.3) is 0 Å². The lowest BCUT2D eigenvalue weighted by Gasteiger charge is -1.99. The monoisotopic (exact) mass is 179 g/mol. The second-order valence-electron chi connectivity index (χ2n) is 3.82. The zero-order valence-corrected chi connectivity index (χ0v) is 7.54. The van der Waals surface area contributed by atoms with E-state index in [1.807, 2.05) is 12.1 Å². The molecule has 2 N–H and O–H groups in total. The van der Waals surface area contributed by atoms with Gasteiger partial charge in [0.2, 0.25) is 0 Å². The molecule has 1 nitrogen and oxygen atoms in total. The highest BCUT2D eigenvalue weighted by molar-refractivity contribution is 5.16. The summed E-state index contributed by atoms with van der Waals surface area (Å²) in [6.07, 6.45) is 3.34. The molecule has 70 valence electrons. The summed E-state index contributed by atoms with van der Waals surface area (Å²) in [7, 11) is 0. The largest absolute Gasteiger partial charge is 0.327 e. The van der Waals surface area contributed by atoms with Crippen LogP contribution < -0.4 is 5.73 Å². The fourth-order valence-corrected chi connectivity index (χ4v) is 1.61. The smallest absolute Gasteiger partial charge is 0.123 e. The van der Waals surface area contributed by atoms with Gasteiger partial charge < -0.3 is 5.73 Å². The summed E-state index contributed by atoms with van der Waals surface area (Å²) in [5.41, 5.74) is 6.90. The molecule has 2 heteroatoms. The average Bonchev–Trinajstić information content (AvgIpc) is 2.81. The van der Waals surface area contributed by atoms with Crippen LogP contribution in [0.5, 0.6) is 0 Å². The molecule has 2 rings (SSSR count). The molecule has 0 spiro atoms. The molecule has 0 amide bonds. The van der Waals surface area contributed by atoms with E-state index >= 15 is 0 Å². The summed E-state index contributed by atoms with van der Waals surface area (Å²) in [6, 6.07) is 7.16. The first kappa shape index (κ1) is 8.70. The number of benzene rings is 1. The van der Waals surface area contributed by atoms with Crippen LogP contribution in [0.3, 0.4) is 0 Å². The SMILES string of the molecule is N[C@@H]1C[C@H]1CCc1ccc(F)cc1. The molecule has 1 aliphatic carbocycles. The van der Waals surface area contributed by atoms with E-state index in [1.54, 1.807) is 0 Å². The minimum Gasteiger partial charge on any atom is -0.327 e. The summed E-state index contributed by atoms with van der Waals surface area (Å²) in [6.45, 7) is 0. The lowest BCUT2D eigenvalue weighted by molar-refractivity contribution is 0.625. The minimum atomic E-state index is -0.160. The van der Waals surface area contributed by atoms with E-state index in [0.29, 0.717) is 12.0 Å². The first-order valence-electron chi connectivity index (χ1n) is 4.76. The van der Waals surface area contributed by atoms with Crippen molar-refractivity contribution in [3.63, 3.8) is 0 Å². The van der Waals surface area contributed by atoms with Crippen molar-refractivity contribution in [1.29, 1.82) is 0 Å². The van der Waals surface area contributed by atoms with Crippen LogP contribution in [0.1, 0.15) is 18.4 Å². The molecule has 0 bridgehead atoms. The molecular formula is C11H14FN. The van der Waals surface area contributed by atoms with E-state index in [-0.39, 0.29) is 5.82 Å². The fourth-order valence-electron chi connectivity index (χ4n) is 1.61. The van der Waals surface area contributed by atoms with Gasteiger partial charge in [0.25, 0.3) is 0 Å². The standard InChI is InChI=1S/C11H14FN/c12-10-5-2-8(3-6-10)1-4-9-7-11(9)13/h2-3,5-6,9,11H,1,4,7,13H2/t9-,11-/m1/s1. The zero-order valence-electron chi connectivity index (χ0n) is 7.54. The van der Waals surface area contributed by atoms with Gasteiger partial charge in [0, 0.05) is 6.04 Å². The van der Waals surface area contributed by atoms with E-state index in [2.05, 4.69) is 0 Å². The molecule has 0 unspecified atom stereocenters. The predicted molar refractivity (Wildman–Crippen MR) is 50.8 cm³/mol. The molecule has 13 heavy (non-hydrogen) atoms. The average molecular weight is 179 g/mol. The number of hydrogen-bond acceptors (Lipinski definition) is 1. The third kappa shape index (κ3) is 2.28. The summed E-state index contributed by atoms with van der Waals surface area (Å²) >= 11 is 0. The lowest BCUT2D eigenvalue weighted by atomic mass is 10.1. The van der Waals surface area contributed by atoms with Gasteiger partial charge >= 0.3 is 0 Å². The van der Waals surface area contributed by atoms with Gasteiger partial charge in [-0.05, 0) is 42.9 Å². The van der Waals surface area contributed by atoms with Crippen molar-refractivity contribution in [2.45, 2.75) is 25.3 Å². The third-order valence-corrected chi connectivity index (χ3v) is 2.69. The van der Waals surface area contributed by atoms with Crippen molar-refractivity contribution in [1.82, 2.24) is 0 Å². The molecule has 1 saturated carbocycles. The Morgan fingerprint density at radius 3 is 2.46 bits per heavy atom. The van der Waals surface area contributed by atoms with Crippen molar-refractivity contribution in [2.75, 3.05) is 0 Å². The van der Waals surface area contributed by atoms with Gasteiger partial charge in [-0.25, -0.2) is 4.39 Å².